The van der Waals surface area contributed by atoms with E-state index in [0.717, 1.165) is 5.56 Å². The number of benzene rings is 2. The lowest BCUT2D eigenvalue weighted by molar-refractivity contribution is -0.130. The lowest BCUT2D eigenvalue weighted by Gasteiger charge is -2.07. The monoisotopic (exact) mass is 292 g/mol. The number of carbonyl (C=O) groups is 2. The van der Waals surface area contributed by atoms with Gasteiger partial charge in [0.05, 0.1) is 5.56 Å². The number of carbonyl (C=O) groups excluding carboxylic acids is 2. The lowest BCUT2D eigenvalue weighted by atomic mass is 10.1. The standard InChI is InChI=1S/C19H16O3/c1-14(2)19(21)22-18-11-7-6-10-16(18)17(20)13-12-15-8-4-3-5-9-15/h3-13H,1H2,2H3. The third-order valence-electron chi connectivity index (χ3n) is 2.93. The number of hydrogen-bond acceptors (Lipinski definition) is 3. The zero-order valence-electron chi connectivity index (χ0n) is 12.3. The number of rotatable bonds is 5. The molecule has 0 heterocycles. The number of para-hydroxylation sites is 1. The Hall–Kier alpha value is -2.94. The van der Waals surface area contributed by atoms with Gasteiger partial charge in [-0.05, 0) is 30.7 Å². The molecule has 2 rings (SSSR count). The number of ketones is 1. The van der Waals surface area contributed by atoms with Crippen LogP contribution >= 0.6 is 0 Å². The second-order valence-corrected chi connectivity index (χ2v) is 4.77. The molecule has 2 aromatic rings. The summed E-state index contributed by atoms with van der Waals surface area (Å²) in [4.78, 5) is 23.9. The average molecular weight is 292 g/mol. The van der Waals surface area contributed by atoms with Gasteiger partial charge in [-0.15, -0.1) is 0 Å². The quantitative estimate of drug-likeness (QED) is 0.361. The summed E-state index contributed by atoms with van der Waals surface area (Å²) in [6.45, 7) is 5.09. The molecule has 0 saturated carbocycles. The van der Waals surface area contributed by atoms with E-state index in [1.54, 1.807) is 37.3 Å². The minimum atomic E-state index is -0.549. The second-order valence-electron chi connectivity index (χ2n) is 4.77. The van der Waals surface area contributed by atoms with Crippen molar-refractivity contribution in [3.63, 3.8) is 0 Å². The molecule has 0 bridgehead atoms. The molecule has 0 aliphatic heterocycles. The summed E-state index contributed by atoms with van der Waals surface area (Å²) in [6.07, 6.45) is 3.18. The zero-order chi connectivity index (χ0) is 15.9. The summed E-state index contributed by atoms with van der Waals surface area (Å²) in [5, 5.41) is 0. The molecule has 22 heavy (non-hydrogen) atoms. The Morgan fingerprint density at radius 1 is 1.00 bits per heavy atom. The smallest absolute Gasteiger partial charge is 0.338 e. The number of ether oxygens (including phenoxy) is 1. The fourth-order valence-electron chi connectivity index (χ4n) is 1.77. The summed E-state index contributed by atoms with van der Waals surface area (Å²) >= 11 is 0. The van der Waals surface area contributed by atoms with Crippen molar-refractivity contribution in [2.45, 2.75) is 6.92 Å². The fraction of sp³-hybridized carbons (Fsp3) is 0.0526. The fourth-order valence-corrected chi connectivity index (χ4v) is 1.77. The van der Waals surface area contributed by atoms with E-state index in [1.165, 1.54) is 6.08 Å². The largest absolute Gasteiger partial charge is 0.422 e. The van der Waals surface area contributed by atoms with Crippen LogP contribution in [0.15, 0.2) is 72.8 Å². The Balaban J connectivity index is 2.21. The van der Waals surface area contributed by atoms with E-state index in [-0.39, 0.29) is 17.1 Å². The molecule has 0 aliphatic rings. The Bertz CT molecular complexity index is 727. The molecule has 0 unspecified atom stereocenters. The van der Waals surface area contributed by atoms with E-state index in [4.69, 9.17) is 4.74 Å². The Labute approximate surface area is 129 Å². The number of esters is 1. The second kappa shape index (κ2) is 7.18. The van der Waals surface area contributed by atoms with Gasteiger partial charge in [0.2, 0.25) is 0 Å². The van der Waals surface area contributed by atoms with Crippen LogP contribution in [0.2, 0.25) is 0 Å². The first kappa shape index (κ1) is 15.4. The summed E-state index contributed by atoms with van der Waals surface area (Å²) in [5.74, 6) is -0.542. The molecule has 0 spiro atoms. The highest BCUT2D eigenvalue weighted by molar-refractivity contribution is 6.09. The maximum Gasteiger partial charge on any atom is 0.338 e. The van der Waals surface area contributed by atoms with Crippen LogP contribution in [0.4, 0.5) is 0 Å². The SMILES string of the molecule is C=C(C)C(=O)Oc1ccccc1C(=O)C=Cc1ccccc1. The predicted octanol–water partition coefficient (Wildman–Crippen LogP) is 4.06. The minimum Gasteiger partial charge on any atom is -0.422 e. The first-order valence-corrected chi connectivity index (χ1v) is 6.82. The van der Waals surface area contributed by atoms with E-state index >= 15 is 0 Å². The average Bonchev–Trinajstić information content (AvgIpc) is 2.54. The van der Waals surface area contributed by atoms with Gasteiger partial charge in [-0.1, -0.05) is 55.1 Å². The van der Waals surface area contributed by atoms with Crippen LogP contribution in [0.3, 0.4) is 0 Å². The van der Waals surface area contributed by atoms with Gasteiger partial charge in [0, 0.05) is 5.57 Å². The molecule has 0 aromatic heterocycles. The topological polar surface area (TPSA) is 43.4 Å². The molecular formula is C19H16O3. The third-order valence-corrected chi connectivity index (χ3v) is 2.93. The summed E-state index contributed by atoms with van der Waals surface area (Å²) < 4.78 is 5.19. The Morgan fingerprint density at radius 2 is 1.64 bits per heavy atom. The highest BCUT2D eigenvalue weighted by Crippen LogP contribution is 2.20. The molecule has 0 radical (unpaired) electrons. The van der Waals surface area contributed by atoms with Gasteiger partial charge in [0.15, 0.2) is 5.78 Å². The van der Waals surface area contributed by atoms with E-state index in [1.807, 2.05) is 30.3 Å². The first-order chi connectivity index (χ1) is 10.6. The molecule has 3 heteroatoms. The number of hydrogen-bond donors (Lipinski definition) is 0. The van der Waals surface area contributed by atoms with Crippen LogP contribution in [0, 0.1) is 0 Å². The highest BCUT2D eigenvalue weighted by Gasteiger charge is 2.13. The molecule has 110 valence electrons. The van der Waals surface area contributed by atoms with Gasteiger partial charge in [-0.2, -0.15) is 0 Å². The van der Waals surface area contributed by atoms with Gasteiger partial charge < -0.3 is 4.74 Å². The number of allylic oxidation sites excluding steroid dienone is 1. The van der Waals surface area contributed by atoms with Gasteiger partial charge in [-0.25, -0.2) is 4.79 Å². The Kier molecular flexibility index (Phi) is 5.04. The highest BCUT2D eigenvalue weighted by atomic mass is 16.5. The predicted molar refractivity (Wildman–Crippen MR) is 86.7 cm³/mol. The van der Waals surface area contributed by atoms with Crippen molar-refractivity contribution in [1.82, 2.24) is 0 Å². The van der Waals surface area contributed by atoms with Gasteiger partial charge >= 0.3 is 5.97 Å². The summed E-state index contributed by atoms with van der Waals surface area (Å²) in [7, 11) is 0. The molecule has 0 atom stereocenters. The van der Waals surface area contributed by atoms with Gasteiger partial charge in [0.1, 0.15) is 5.75 Å². The van der Waals surface area contributed by atoms with Crippen molar-refractivity contribution in [2.75, 3.05) is 0 Å². The van der Waals surface area contributed by atoms with Crippen LogP contribution in [-0.4, -0.2) is 11.8 Å². The summed E-state index contributed by atoms with van der Waals surface area (Å²) in [5.41, 5.74) is 1.54. The Morgan fingerprint density at radius 3 is 2.32 bits per heavy atom. The first-order valence-electron chi connectivity index (χ1n) is 6.82. The lowest BCUT2D eigenvalue weighted by Crippen LogP contribution is -2.11. The molecule has 0 N–H and O–H groups in total. The molecule has 0 amide bonds. The maximum absolute atomic E-state index is 12.3. The van der Waals surface area contributed by atoms with Crippen LogP contribution in [0.25, 0.3) is 6.08 Å². The van der Waals surface area contributed by atoms with E-state index < -0.39 is 5.97 Å². The van der Waals surface area contributed by atoms with Crippen LogP contribution in [-0.2, 0) is 4.79 Å². The molecular weight excluding hydrogens is 276 g/mol. The third kappa shape index (κ3) is 4.03. The summed E-state index contributed by atoms with van der Waals surface area (Å²) in [6, 6.07) is 16.1. The van der Waals surface area contributed by atoms with E-state index in [0.29, 0.717) is 5.56 Å². The zero-order valence-corrected chi connectivity index (χ0v) is 12.3. The van der Waals surface area contributed by atoms with Crippen molar-refractivity contribution in [3.05, 3.63) is 84.0 Å². The van der Waals surface area contributed by atoms with Gasteiger partial charge in [-0.3, -0.25) is 4.79 Å². The van der Waals surface area contributed by atoms with Crippen molar-refractivity contribution in [3.8, 4) is 5.75 Å². The molecule has 0 saturated heterocycles. The van der Waals surface area contributed by atoms with Crippen molar-refractivity contribution >= 4 is 17.8 Å². The van der Waals surface area contributed by atoms with Crippen LogP contribution in [0.5, 0.6) is 5.75 Å². The van der Waals surface area contributed by atoms with Crippen LogP contribution in [0.1, 0.15) is 22.8 Å². The van der Waals surface area contributed by atoms with Gasteiger partial charge in [0.25, 0.3) is 0 Å². The maximum atomic E-state index is 12.3. The van der Waals surface area contributed by atoms with E-state index in [9.17, 15) is 9.59 Å². The van der Waals surface area contributed by atoms with Crippen molar-refractivity contribution in [1.29, 1.82) is 0 Å². The molecule has 2 aromatic carbocycles. The van der Waals surface area contributed by atoms with Crippen molar-refractivity contribution in [2.24, 2.45) is 0 Å². The van der Waals surface area contributed by atoms with E-state index in [2.05, 4.69) is 6.58 Å². The van der Waals surface area contributed by atoms with Crippen LogP contribution < -0.4 is 4.74 Å². The minimum absolute atomic E-state index is 0.228. The normalized spacial score (nSPS) is 10.4. The molecule has 3 nitrogen and oxygen atoms in total. The molecule has 0 fully saturated rings. The van der Waals surface area contributed by atoms with Crippen molar-refractivity contribution < 1.29 is 14.3 Å². The molecule has 0 aliphatic carbocycles.